The van der Waals surface area contributed by atoms with Crippen LogP contribution in [0, 0.1) is 20.2 Å². The lowest BCUT2D eigenvalue weighted by atomic mass is 9.94. The minimum absolute atomic E-state index is 0.128. The summed E-state index contributed by atoms with van der Waals surface area (Å²) in [6.07, 6.45) is -4.80. The van der Waals surface area contributed by atoms with Crippen LogP contribution in [0.15, 0.2) is 78.4 Å². The van der Waals surface area contributed by atoms with Crippen molar-refractivity contribution in [3.63, 3.8) is 0 Å². The van der Waals surface area contributed by atoms with Crippen molar-refractivity contribution in [3.8, 4) is 0 Å². The number of rotatable bonds is 5. The number of amides is 1. The highest BCUT2D eigenvalue weighted by molar-refractivity contribution is 6.51. The third-order valence-electron chi connectivity index (χ3n) is 5.68. The van der Waals surface area contributed by atoms with Gasteiger partial charge in [-0.2, -0.15) is 13.2 Å². The highest BCUT2D eigenvalue weighted by Crippen LogP contribution is 2.45. The van der Waals surface area contributed by atoms with Gasteiger partial charge in [-0.25, -0.2) is 0 Å². The van der Waals surface area contributed by atoms with Crippen LogP contribution in [0.25, 0.3) is 5.76 Å². The zero-order chi connectivity index (χ0) is 27.1. The lowest BCUT2D eigenvalue weighted by molar-refractivity contribution is -0.385. The molecule has 1 N–H and O–H groups in total. The summed E-state index contributed by atoms with van der Waals surface area (Å²) >= 11 is 0. The maximum absolute atomic E-state index is 13.4. The van der Waals surface area contributed by atoms with Gasteiger partial charge < -0.3 is 5.11 Å². The molecule has 3 aromatic rings. The second-order valence-corrected chi connectivity index (χ2v) is 7.84. The van der Waals surface area contributed by atoms with Crippen LogP contribution in [0.4, 0.5) is 30.2 Å². The fourth-order valence-electron chi connectivity index (χ4n) is 4.01. The number of alkyl halides is 3. The first-order chi connectivity index (χ1) is 17.4. The number of nitro groups is 2. The monoisotopic (exact) mass is 513 g/mol. The predicted octanol–water partition coefficient (Wildman–Crippen LogP) is 5.15. The normalized spacial score (nSPS) is 17.2. The van der Waals surface area contributed by atoms with Crippen LogP contribution in [0.2, 0.25) is 0 Å². The molecule has 0 bridgehead atoms. The first-order valence-corrected chi connectivity index (χ1v) is 10.4. The van der Waals surface area contributed by atoms with Gasteiger partial charge in [-0.1, -0.05) is 18.2 Å². The molecule has 188 valence electrons. The lowest BCUT2D eigenvalue weighted by Crippen LogP contribution is -2.30. The van der Waals surface area contributed by atoms with Crippen LogP contribution < -0.4 is 4.90 Å². The van der Waals surface area contributed by atoms with Crippen LogP contribution in [-0.4, -0.2) is 26.6 Å². The van der Waals surface area contributed by atoms with E-state index in [1.165, 1.54) is 18.2 Å². The van der Waals surface area contributed by atoms with E-state index >= 15 is 0 Å². The van der Waals surface area contributed by atoms with E-state index in [2.05, 4.69) is 0 Å². The van der Waals surface area contributed by atoms with Crippen LogP contribution >= 0.6 is 0 Å². The predicted molar refractivity (Wildman–Crippen MR) is 122 cm³/mol. The number of halogens is 3. The smallest absolute Gasteiger partial charge is 0.416 e. The third kappa shape index (κ3) is 4.49. The molecular formula is C24H14F3N3O7. The maximum atomic E-state index is 13.4. The Hall–Kier alpha value is -5.07. The van der Waals surface area contributed by atoms with Gasteiger partial charge in [0.15, 0.2) is 0 Å². The summed E-state index contributed by atoms with van der Waals surface area (Å²) < 4.78 is 40.1. The molecule has 3 aromatic carbocycles. The van der Waals surface area contributed by atoms with Crippen molar-refractivity contribution in [2.45, 2.75) is 12.2 Å². The van der Waals surface area contributed by atoms with E-state index < -0.39 is 56.3 Å². The van der Waals surface area contributed by atoms with E-state index in [0.29, 0.717) is 11.0 Å². The van der Waals surface area contributed by atoms with Gasteiger partial charge in [0, 0.05) is 29.4 Å². The average Bonchev–Trinajstić information content (AvgIpc) is 3.13. The van der Waals surface area contributed by atoms with Crippen LogP contribution in [0.5, 0.6) is 0 Å². The number of nitro benzene ring substituents is 2. The molecule has 4 rings (SSSR count). The molecule has 0 radical (unpaired) electrons. The van der Waals surface area contributed by atoms with Crippen LogP contribution in [-0.2, 0) is 15.8 Å². The van der Waals surface area contributed by atoms with Crippen molar-refractivity contribution in [3.05, 3.63) is 115 Å². The number of hydrogen-bond donors (Lipinski definition) is 1. The zero-order valence-electron chi connectivity index (χ0n) is 18.4. The Morgan fingerprint density at radius 3 is 2.14 bits per heavy atom. The van der Waals surface area contributed by atoms with Crippen molar-refractivity contribution >= 4 is 34.5 Å². The molecule has 37 heavy (non-hydrogen) atoms. The Morgan fingerprint density at radius 2 is 1.54 bits per heavy atom. The molecule has 0 saturated carbocycles. The second kappa shape index (κ2) is 9.18. The second-order valence-electron chi connectivity index (χ2n) is 7.84. The van der Waals surface area contributed by atoms with Crippen molar-refractivity contribution in [1.82, 2.24) is 0 Å². The van der Waals surface area contributed by atoms with Crippen LogP contribution in [0.3, 0.4) is 0 Å². The number of non-ortho nitro benzene ring substituents is 1. The van der Waals surface area contributed by atoms with Gasteiger partial charge in [0.2, 0.25) is 0 Å². The topological polar surface area (TPSA) is 144 Å². The molecule has 1 amide bonds. The van der Waals surface area contributed by atoms with E-state index in [1.54, 1.807) is 0 Å². The highest BCUT2D eigenvalue weighted by Gasteiger charge is 2.49. The van der Waals surface area contributed by atoms with Gasteiger partial charge in [-0.3, -0.25) is 34.7 Å². The molecule has 0 unspecified atom stereocenters. The number of nitrogens with zero attached hydrogens (tertiary/aromatic N) is 3. The van der Waals surface area contributed by atoms with E-state index in [9.17, 15) is 48.1 Å². The average molecular weight is 513 g/mol. The van der Waals surface area contributed by atoms with Gasteiger partial charge in [-0.05, 0) is 36.4 Å². The van der Waals surface area contributed by atoms with Gasteiger partial charge in [0.25, 0.3) is 23.1 Å². The number of carbonyl (C=O) groups is 2. The molecule has 1 aliphatic rings. The molecule has 1 heterocycles. The number of Topliss-reactive ketones (excluding diaryl/α,β-unsaturated/α-hetero) is 1. The summed E-state index contributed by atoms with van der Waals surface area (Å²) in [4.78, 5) is 48.1. The number of benzene rings is 3. The quantitative estimate of drug-likeness (QED) is 0.163. The number of hydrogen-bond acceptors (Lipinski definition) is 7. The van der Waals surface area contributed by atoms with Gasteiger partial charge in [0.1, 0.15) is 11.8 Å². The summed E-state index contributed by atoms with van der Waals surface area (Å²) in [7, 11) is 0. The Labute approximate surface area is 205 Å². The Bertz CT molecular complexity index is 1480. The van der Waals surface area contributed by atoms with Gasteiger partial charge in [0.05, 0.1) is 26.5 Å². The third-order valence-corrected chi connectivity index (χ3v) is 5.68. The maximum Gasteiger partial charge on any atom is 0.416 e. The van der Waals surface area contributed by atoms with Crippen molar-refractivity contribution in [1.29, 1.82) is 0 Å². The molecular weight excluding hydrogens is 499 g/mol. The first-order valence-electron chi connectivity index (χ1n) is 10.4. The Kier molecular flexibility index (Phi) is 6.21. The number of para-hydroxylation sites is 1. The lowest BCUT2D eigenvalue weighted by Gasteiger charge is -2.25. The van der Waals surface area contributed by atoms with E-state index in [1.807, 2.05) is 0 Å². The van der Waals surface area contributed by atoms with Crippen molar-refractivity contribution < 1.29 is 37.7 Å². The van der Waals surface area contributed by atoms with E-state index in [4.69, 9.17) is 0 Å². The van der Waals surface area contributed by atoms with Gasteiger partial charge >= 0.3 is 6.18 Å². The molecule has 0 aromatic heterocycles. The molecule has 0 aliphatic carbocycles. The zero-order valence-corrected chi connectivity index (χ0v) is 18.4. The Morgan fingerprint density at radius 1 is 0.892 bits per heavy atom. The molecule has 1 saturated heterocycles. The standard InChI is InChI=1S/C24H14F3N3O7/c25-24(26,27)14-4-3-5-16(12-14)28-20(17-6-1-2-7-18(17)30(36)37)19(22(32)23(28)33)21(31)13-8-10-15(11-9-13)29(34)35/h1-12,20,31H/b21-19+/t20-/m0/s1. The largest absolute Gasteiger partial charge is 0.507 e. The Balaban J connectivity index is 1.99. The SMILES string of the molecule is O=C1C(=O)N(c2cccc(C(F)(F)F)c2)[C@@H](c2ccccc2[N+](=O)[O-])/C1=C(\O)c1ccc([N+](=O)[O-])cc1. The fourth-order valence-corrected chi connectivity index (χ4v) is 4.01. The summed E-state index contributed by atoms with van der Waals surface area (Å²) in [6, 6.07) is 11.0. The minimum Gasteiger partial charge on any atom is -0.507 e. The summed E-state index contributed by atoms with van der Waals surface area (Å²) in [5.74, 6) is -3.45. The number of ketones is 1. The first kappa shape index (κ1) is 25.0. The highest BCUT2D eigenvalue weighted by atomic mass is 19.4. The molecule has 13 heteroatoms. The number of carbonyl (C=O) groups excluding carboxylic acids is 2. The van der Waals surface area contributed by atoms with Gasteiger partial charge in [-0.15, -0.1) is 0 Å². The van der Waals surface area contributed by atoms with Crippen molar-refractivity contribution in [2.24, 2.45) is 0 Å². The van der Waals surface area contributed by atoms with E-state index in [-0.39, 0.29) is 22.5 Å². The fraction of sp³-hybridized carbons (Fsp3) is 0.0833. The molecule has 1 fully saturated rings. The minimum atomic E-state index is -4.80. The number of aliphatic hydroxyl groups is 1. The summed E-state index contributed by atoms with van der Waals surface area (Å²) in [5.41, 5.74) is -3.42. The molecule has 0 spiro atoms. The number of aliphatic hydroxyl groups excluding tert-OH is 1. The van der Waals surface area contributed by atoms with Crippen molar-refractivity contribution in [2.75, 3.05) is 4.90 Å². The molecule has 1 atom stereocenters. The van der Waals surface area contributed by atoms with Crippen LogP contribution in [0.1, 0.15) is 22.7 Å². The molecule has 10 nitrogen and oxygen atoms in total. The van der Waals surface area contributed by atoms with E-state index in [0.717, 1.165) is 48.5 Å². The summed E-state index contributed by atoms with van der Waals surface area (Å²) in [6.45, 7) is 0. The molecule has 1 aliphatic heterocycles. The number of anilines is 1. The summed E-state index contributed by atoms with van der Waals surface area (Å²) in [5, 5.41) is 33.7.